The summed E-state index contributed by atoms with van der Waals surface area (Å²) >= 11 is 1.37. The summed E-state index contributed by atoms with van der Waals surface area (Å²) in [6.07, 6.45) is 0.0873. The molecule has 3 amide bonds. The van der Waals surface area contributed by atoms with E-state index >= 15 is 0 Å². The second-order valence-electron chi connectivity index (χ2n) is 5.96. The van der Waals surface area contributed by atoms with Gasteiger partial charge in [-0.05, 0) is 55.3 Å². The van der Waals surface area contributed by atoms with E-state index < -0.39 is 24.5 Å². The predicted molar refractivity (Wildman–Crippen MR) is 106 cm³/mol. The first-order chi connectivity index (χ1) is 13.3. The lowest BCUT2D eigenvalue weighted by atomic mass is 10.1. The van der Waals surface area contributed by atoms with Crippen LogP contribution in [0.1, 0.15) is 17.5 Å². The highest BCUT2D eigenvalue weighted by atomic mass is 32.2. The SMILES string of the molecule is Cc1cccc(NC(=O)NC(=O)COC(=O)CCSc2ccc(F)cc2)c1C. The Bertz CT molecular complexity index is 856. The van der Waals surface area contributed by atoms with Crippen LogP contribution in [0.4, 0.5) is 14.9 Å². The summed E-state index contributed by atoms with van der Waals surface area (Å²) in [5.41, 5.74) is 2.51. The molecule has 2 aromatic carbocycles. The third-order valence-electron chi connectivity index (χ3n) is 3.86. The lowest BCUT2D eigenvalue weighted by Gasteiger charge is -2.11. The summed E-state index contributed by atoms with van der Waals surface area (Å²) in [5, 5.41) is 4.70. The largest absolute Gasteiger partial charge is 0.456 e. The number of anilines is 1. The number of thioether (sulfide) groups is 1. The fraction of sp³-hybridized carbons (Fsp3) is 0.250. The molecule has 0 unspecified atom stereocenters. The fourth-order valence-electron chi connectivity index (χ4n) is 2.20. The maximum atomic E-state index is 12.8. The number of esters is 1. The van der Waals surface area contributed by atoms with E-state index in [0.29, 0.717) is 11.4 Å². The molecule has 0 fully saturated rings. The quantitative estimate of drug-likeness (QED) is 0.541. The van der Waals surface area contributed by atoms with Crippen LogP contribution in [0.5, 0.6) is 0 Å². The Morgan fingerprint density at radius 2 is 1.79 bits per heavy atom. The van der Waals surface area contributed by atoms with Crippen LogP contribution in [0.2, 0.25) is 0 Å². The highest BCUT2D eigenvalue weighted by Gasteiger charge is 2.12. The summed E-state index contributed by atoms with van der Waals surface area (Å²) in [5.74, 6) is -1.17. The van der Waals surface area contributed by atoms with Gasteiger partial charge in [-0.1, -0.05) is 12.1 Å². The molecule has 28 heavy (non-hydrogen) atoms. The normalized spacial score (nSPS) is 10.2. The van der Waals surface area contributed by atoms with Crippen LogP contribution < -0.4 is 10.6 Å². The Kier molecular flexibility index (Phi) is 8.01. The molecule has 0 saturated carbocycles. The van der Waals surface area contributed by atoms with Gasteiger partial charge in [0.1, 0.15) is 5.82 Å². The van der Waals surface area contributed by atoms with E-state index in [-0.39, 0.29) is 12.2 Å². The van der Waals surface area contributed by atoms with Crippen molar-refractivity contribution in [3.05, 3.63) is 59.4 Å². The van der Waals surface area contributed by atoms with Gasteiger partial charge in [0.2, 0.25) is 0 Å². The number of imide groups is 1. The van der Waals surface area contributed by atoms with Crippen molar-refractivity contribution >= 4 is 35.4 Å². The second-order valence-corrected chi connectivity index (χ2v) is 7.13. The number of amides is 3. The van der Waals surface area contributed by atoms with Crippen molar-refractivity contribution in [1.29, 1.82) is 0 Å². The van der Waals surface area contributed by atoms with Gasteiger partial charge in [-0.2, -0.15) is 0 Å². The van der Waals surface area contributed by atoms with Crippen LogP contribution in [-0.2, 0) is 14.3 Å². The molecule has 0 aliphatic heterocycles. The smallest absolute Gasteiger partial charge is 0.325 e. The van der Waals surface area contributed by atoms with Crippen molar-refractivity contribution in [3.63, 3.8) is 0 Å². The molecule has 8 heteroatoms. The maximum Gasteiger partial charge on any atom is 0.325 e. The minimum absolute atomic E-state index is 0.0873. The van der Waals surface area contributed by atoms with Crippen molar-refractivity contribution in [1.82, 2.24) is 5.32 Å². The number of carbonyl (C=O) groups excluding carboxylic acids is 3. The van der Waals surface area contributed by atoms with Crippen LogP contribution in [0.25, 0.3) is 0 Å². The van der Waals surface area contributed by atoms with Gasteiger partial charge < -0.3 is 10.1 Å². The van der Waals surface area contributed by atoms with Crippen molar-refractivity contribution in [3.8, 4) is 0 Å². The number of aryl methyl sites for hydroxylation is 1. The first kappa shape index (κ1) is 21.4. The second kappa shape index (κ2) is 10.5. The van der Waals surface area contributed by atoms with E-state index in [9.17, 15) is 18.8 Å². The zero-order chi connectivity index (χ0) is 20.5. The third kappa shape index (κ3) is 7.03. The van der Waals surface area contributed by atoms with Crippen LogP contribution in [-0.4, -0.2) is 30.3 Å². The van der Waals surface area contributed by atoms with Crippen molar-refractivity contribution in [2.24, 2.45) is 0 Å². The topological polar surface area (TPSA) is 84.5 Å². The summed E-state index contributed by atoms with van der Waals surface area (Å²) < 4.78 is 17.7. The van der Waals surface area contributed by atoms with E-state index in [1.165, 1.54) is 23.9 Å². The number of hydrogen-bond acceptors (Lipinski definition) is 5. The van der Waals surface area contributed by atoms with Crippen LogP contribution in [0.15, 0.2) is 47.4 Å². The van der Waals surface area contributed by atoms with Crippen LogP contribution in [0.3, 0.4) is 0 Å². The van der Waals surface area contributed by atoms with Gasteiger partial charge in [-0.3, -0.25) is 14.9 Å². The molecule has 0 heterocycles. The molecule has 0 radical (unpaired) electrons. The van der Waals surface area contributed by atoms with Crippen LogP contribution >= 0.6 is 11.8 Å². The first-order valence-corrected chi connectivity index (χ1v) is 9.55. The molecule has 0 bridgehead atoms. The Morgan fingerprint density at radius 3 is 2.50 bits per heavy atom. The number of urea groups is 1. The fourth-order valence-corrected chi connectivity index (χ4v) is 3.04. The Balaban J connectivity index is 1.66. The van der Waals surface area contributed by atoms with Crippen molar-refractivity contribution < 1.29 is 23.5 Å². The number of halogens is 1. The monoisotopic (exact) mass is 404 g/mol. The molecule has 0 atom stereocenters. The van der Waals surface area contributed by atoms with Gasteiger partial charge in [-0.15, -0.1) is 11.8 Å². The molecule has 0 saturated heterocycles. The third-order valence-corrected chi connectivity index (χ3v) is 4.87. The predicted octanol–water partition coefficient (Wildman–Crippen LogP) is 3.82. The molecule has 0 aliphatic rings. The lowest BCUT2D eigenvalue weighted by Crippen LogP contribution is -2.37. The van der Waals surface area contributed by atoms with Crippen LogP contribution in [0, 0.1) is 19.7 Å². The Morgan fingerprint density at radius 1 is 1.07 bits per heavy atom. The highest BCUT2D eigenvalue weighted by Crippen LogP contribution is 2.19. The number of nitrogens with one attached hydrogen (secondary N) is 2. The standard InChI is InChI=1S/C20H21FN2O4S/c1-13-4-3-5-17(14(13)2)22-20(26)23-18(24)12-27-19(25)10-11-28-16-8-6-15(21)7-9-16/h3-9H,10-12H2,1-2H3,(H2,22,23,24,26). The molecule has 0 aliphatic carbocycles. The summed E-state index contributed by atoms with van der Waals surface area (Å²) in [7, 11) is 0. The molecule has 0 aromatic heterocycles. The Hall–Kier alpha value is -2.87. The average molecular weight is 404 g/mol. The average Bonchev–Trinajstić information content (AvgIpc) is 2.65. The molecule has 2 rings (SSSR count). The molecular weight excluding hydrogens is 383 g/mol. The molecule has 6 nitrogen and oxygen atoms in total. The van der Waals surface area contributed by atoms with Gasteiger partial charge in [0.15, 0.2) is 6.61 Å². The van der Waals surface area contributed by atoms with E-state index in [0.717, 1.165) is 16.0 Å². The number of benzene rings is 2. The Labute approximate surface area is 166 Å². The lowest BCUT2D eigenvalue weighted by molar-refractivity contribution is -0.147. The van der Waals surface area contributed by atoms with E-state index in [2.05, 4.69) is 10.6 Å². The maximum absolute atomic E-state index is 12.8. The molecule has 0 spiro atoms. The first-order valence-electron chi connectivity index (χ1n) is 8.56. The minimum Gasteiger partial charge on any atom is -0.456 e. The molecule has 148 valence electrons. The number of ether oxygens (including phenoxy) is 1. The molecule has 2 N–H and O–H groups in total. The zero-order valence-corrected chi connectivity index (χ0v) is 16.4. The molecule has 2 aromatic rings. The van der Waals surface area contributed by atoms with E-state index in [1.807, 2.05) is 19.9 Å². The van der Waals surface area contributed by atoms with E-state index in [4.69, 9.17) is 4.74 Å². The number of carbonyl (C=O) groups is 3. The van der Waals surface area contributed by atoms with Crippen molar-refractivity contribution in [2.45, 2.75) is 25.2 Å². The van der Waals surface area contributed by atoms with Gasteiger partial charge in [-0.25, -0.2) is 9.18 Å². The van der Waals surface area contributed by atoms with Gasteiger partial charge in [0.25, 0.3) is 5.91 Å². The zero-order valence-electron chi connectivity index (χ0n) is 15.6. The summed E-state index contributed by atoms with van der Waals surface area (Å²) in [6, 6.07) is 10.7. The molecular formula is C20H21FN2O4S. The number of hydrogen-bond donors (Lipinski definition) is 2. The highest BCUT2D eigenvalue weighted by molar-refractivity contribution is 7.99. The minimum atomic E-state index is -0.720. The summed E-state index contributed by atoms with van der Waals surface area (Å²) in [6.45, 7) is 3.23. The van der Waals surface area contributed by atoms with Gasteiger partial charge >= 0.3 is 12.0 Å². The summed E-state index contributed by atoms with van der Waals surface area (Å²) in [4.78, 5) is 36.1. The van der Waals surface area contributed by atoms with Gasteiger partial charge in [0, 0.05) is 16.3 Å². The number of rotatable bonds is 7. The van der Waals surface area contributed by atoms with Gasteiger partial charge in [0.05, 0.1) is 6.42 Å². The van der Waals surface area contributed by atoms with Crippen molar-refractivity contribution in [2.75, 3.05) is 17.7 Å². The van der Waals surface area contributed by atoms with E-state index in [1.54, 1.807) is 24.3 Å².